The molecule has 1 atom stereocenters. The Morgan fingerprint density at radius 1 is 1.60 bits per heavy atom. The van der Waals surface area contributed by atoms with Crippen molar-refractivity contribution in [2.45, 2.75) is 25.4 Å². The van der Waals surface area contributed by atoms with E-state index in [-0.39, 0.29) is 0 Å². The Morgan fingerprint density at radius 3 is 2.87 bits per heavy atom. The Labute approximate surface area is 90.1 Å². The lowest BCUT2D eigenvalue weighted by molar-refractivity contribution is -0.0332. The van der Waals surface area contributed by atoms with Crippen LogP contribution in [-0.2, 0) is 11.2 Å². The zero-order valence-electron chi connectivity index (χ0n) is 9.23. The van der Waals surface area contributed by atoms with Gasteiger partial charge in [-0.1, -0.05) is 6.92 Å². The smallest absolute Gasteiger partial charge is 0.0918 e. The largest absolute Gasteiger partial charge is 0.398 e. The van der Waals surface area contributed by atoms with Crippen molar-refractivity contribution in [3.05, 3.63) is 24.0 Å². The fourth-order valence-electron chi connectivity index (χ4n) is 1.49. The first-order valence-corrected chi connectivity index (χ1v) is 5.01. The lowest BCUT2D eigenvalue weighted by Crippen LogP contribution is -2.36. The molecule has 0 spiro atoms. The highest BCUT2D eigenvalue weighted by atomic mass is 16.5. The number of pyridine rings is 1. The van der Waals surface area contributed by atoms with E-state index in [1.54, 1.807) is 25.6 Å². The van der Waals surface area contributed by atoms with Crippen LogP contribution in [0.1, 0.15) is 18.9 Å². The molecule has 0 aliphatic heterocycles. The van der Waals surface area contributed by atoms with Crippen molar-refractivity contribution in [2.24, 2.45) is 0 Å². The molecule has 0 aliphatic carbocycles. The topological polar surface area (TPSA) is 68.4 Å². The lowest BCUT2D eigenvalue weighted by atomic mass is 9.93. The second-order valence-electron chi connectivity index (χ2n) is 3.76. The van der Waals surface area contributed by atoms with E-state index in [4.69, 9.17) is 10.5 Å². The van der Waals surface area contributed by atoms with Gasteiger partial charge in [0, 0.05) is 31.6 Å². The van der Waals surface area contributed by atoms with Crippen LogP contribution >= 0.6 is 0 Å². The van der Waals surface area contributed by atoms with Crippen molar-refractivity contribution in [3.63, 3.8) is 0 Å². The number of nitrogens with two attached hydrogens (primary N) is 1. The van der Waals surface area contributed by atoms with Crippen molar-refractivity contribution in [1.82, 2.24) is 4.98 Å². The predicted octanol–water partition coefficient (Wildman–Crippen LogP) is 0.994. The van der Waals surface area contributed by atoms with E-state index in [0.717, 1.165) is 5.56 Å². The molecule has 1 heterocycles. The van der Waals surface area contributed by atoms with Gasteiger partial charge in [-0.25, -0.2) is 0 Å². The van der Waals surface area contributed by atoms with E-state index in [1.165, 1.54) is 0 Å². The van der Waals surface area contributed by atoms with Crippen molar-refractivity contribution in [1.29, 1.82) is 0 Å². The third-order valence-corrected chi connectivity index (χ3v) is 2.53. The van der Waals surface area contributed by atoms with Crippen molar-refractivity contribution in [2.75, 3.05) is 19.5 Å². The molecule has 15 heavy (non-hydrogen) atoms. The van der Waals surface area contributed by atoms with E-state index >= 15 is 0 Å². The first-order chi connectivity index (χ1) is 7.11. The number of ether oxygens (including phenoxy) is 1. The monoisotopic (exact) mass is 210 g/mol. The van der Waals surface area contributed by atoms with E-state index in [0.29, 0.717) is 25.1 Å². The molecule has 0 amide bonds. The third-order valence-electron chi connectivity index (χ3n) is 2.53. The minimum Gasteiger partial charge on any atom is -0.398 e. The molecule has 0 fully saturated rings. The van der Waals surface area contributed by atoms with Crippen LogP contribution < -0.4 is 5.73 Å². The van der Waals surface area contributed by atoms with E-state index in [2.05, 4.69) is 4.98 Å². The SMILES string of the molecule is CCC(O)(COC)Cc1cnccc1N. The molecule has 1 aromatic heterocycles. The van der Waals surface area contributed by atoms with E-state index < -0.39 is 5.60 Å². The first-order valence-electron chi connectivity index (χ1n) is 5.01. The number of methoxy groups -OCH3 is 1. The molecule has 0 radical (unpaired) electrons. The normalized spacial score (nSPS) is 14.9. The molecule has 4 nitrogen and oxygen atoms in total. The van der Waals surface area contributed by atoms with Gasteiger partial charge in [-0.05, 0) is 18.1 Å². The highest BCUT2D eigenvalue weighted by molar-refractivity contribution is 5.44. The summed E-state index contributed by atoms with van der Waals surface area (Å²) in [5, 5.41) is 10.2. The second kappa shape index (κ2) is 5.09. The molecule has 0 saturated heterocycles. The Hall–Kier alpha value is -1.13. The van der Waals surface area contributed by atoms with Crippen molar-refractivity contribution < 1.29 is 9.84 Å². The van der Waals surface area contributed by atoms with Crippen LogP contribution in [0, 0.1) is 0 Å². The summed E-state index contributed by atoms with van der Waals surface area (Å²) in [7, 11) is 1.58. The molecule has 3 N–H and O–H groups in total. The molecule has 0 aromatic carbocycles. The molecule has 0 saturated carbocycles. The van der Waals surface area contributed by atoms with Gasteiger partial charge in [0.1, 0.15) is 0 Å². The molecule has 84 valence electrons. The predicted molar refractivity (Wildman–Crippen MR) is 59.5 cm³/mol. The van der Waals surface area contributed by atoms with Crippen LogP contribution in [0.25, 0.3) is 0 Å². The molecule has 1 rings (SSSR count). The van der Waals surface area contributed by atoms with E-state index in [1.807, 2.05) is 6.92 Å². The van der Waals surface area contributed by atoms with Gasteiger partial charge in [0.05, 0.1) is 12.2 Å². The van der Waals surface area contributed by atoms with Crippen LogP contribution in [0.5, 0.6) is 0 Å². The number of anilines is 1. The van der Waals surface area contributed by atoms with Crippen molar-refractivity contribution >= 4 is 5.69 Å². The highest BCUT2D eigenvalue weighted by Crippen LogP contribution is 2.20. The maximum atomic E-state index is 10.2. The van der Waals surface area contributed by atoms with Gasteiger partial charge in [-0.2, -0.15) is 0 Å². The number of rotatable bonds is 5. The summed E-state index contributed by atoms with van der Waals surface area (Å²) in [4.78, 5) is 3.99. The zero-order valence-corrected chi connectivity index (χ0v) is 9.23. The van der Waals surface area contributed by atoms with Gasteiger partial charge < -0.3 is 15.6 Å². The average molecular weight is 210 g/mol. The first kappa shape index (κ1) is 11.9. The maximum absolute atomic E-state index is 10.2. The fraction of sp³-hybridized carbons (Fsp3) is 0.545. The molecule has 0 aliphatic rings. The van der Waals surface area contributed by atoms with Gasteiger partial charge in [-0.15, -0.1) is 0 Å². The standard InChI is InChI=1S/C11H18N2O2/c1-3-11(14,8-15-2)6-9-7-13-5-4-10(9)12/h4-5,7,14H,3,6,8H2,1-2H3,(H2,12,13). The molecule has 1 unspecified atom stereocenters. The minimum atomic E-state index is -0.855. The van der Waals surface area contributed by atoms with Gasteiger partial charge in [0.15, 0.2) is 0 Å². The number of aromatic nitrogens is 1. The molecular formula is C11H18N2O2. The molecular weight excluding hydrogens is 192 g/mol. The Bertz CT molecular complexity index is 317. The molecule has 1 aromatic rings. The van der Waals surface area contributed by atoms with Gasteiger partial charge >= 0.3 is 0 Å². The summed E-state index contributed by atoms with van der Waals surface area (Å²) in [5.74, 6) is 0. The number of hydrogen-bond donors (Lipinski definition) is 2. The molecule has 4 heteroatoms. The van der Waals surface area contributed by atoms with Crippen LogP contribution in [0.3, 0.4) is 0 Å². The van der Waals surface area contributed by atoms with Crippen LogP contribution in [0.2, 0.25) is 0 Å². The summed E-state index contributed by atoms with van der Waals surface area (Å²) < 4.78 is 5.00. The second-order valence-corrected chi connectivity index (χ2v) is 3.76. The Morgan fingerprint density at radius 2 is 2.33 bits per heavy atom. The Balaban J connectivity index is 2.79. The number of nitrogen functional groups attached to an aromatic ring is 1. The van der Waals surface area contributed by atoms with Crippen molar-refractivity contribution in [3.8, 4) is 0 Å². The van der Waals surface area contributed by atoms with Crippen LogP contribution in [0.15, 0.2) is 18.5 Å². The maximum Gasteiger partial charge on any atom is 0.0918 e. The van der Waals surface area contributed by atoms with Gasteiger partial charge in [0.25, 0.3) is 0 Å². The summed E-state index contributed by atoms with van der Waals surface area (Å²) in [6, 6.07) is 1.73. The average Bonchev–Trinajstić information content (AvgIpc) is 2.22. The molecule has 0 bridgehead atoms. The Kier molecular flexibility index (Phi) is 4.05. The zero-order chi connectivity index (χ0) is 11.3. The van der Waals surface area contributed by atoms with Crippen LogP contribution in [0.4, 0.5) is 5.69 Å². The summed E-state index contributed by atoms with van der Waals surface area (Å²) >= 11 is 0. The lowest BCUT2D eigenvalue weighted by Gasteiger charge is -2.26. The fourth-order valence-corrected chi connectivity index (χ4v) is 1.49. The summed E-state index contributed by atoms with van der Waals surface area (Å²) in [5.41, 5.74) is 6.45. The summed E-state index contributed by atoms with van der Waals surface area (Å²) in [6.45, 7) is 2.23. The minimum absolute atomic E-state index is 0.303. The van der Waals surface area contributed by atoms with Gasteiger partial charge in [0.2, 0.25) is 0 Å². The third kappa shape index (κ3) is 3.18. The van der Waals surface area contributed by atoms with E-state index in [9.17, 15) is 5.11 Å². The highest BCUT2D eigenvalue weighted by Gasteiger charge is 2.25. The van der Waals surface area contributed by atoms with Gasteiger partial charge in [-0.3, -0.25) is 4.98 Å². The number of nitrogens with zero attached hydrogens (tertiary/aromatic N) is 1. The number of aliphatic hydroxyl groups is 1. The van der Waals surface area contributed by atoms with Crippen LogP contribution in [-0.4, -0.2) is 29.4 Å². The number of hydrogen-bond acceptors (Lipinski definition) is 4. The summed E-state index contributed by atoms with van der Waals surface area (Å²) in [6.07, 6.45) is 4.41. The quantitative estimate of drug-likeness (QED) is 0.760.